The summed E-state index contributed by atoms with van der Waals surface area (Å²) in [5.74, 6) is 2.12. The number of ether oxygens (including phenoxy) is 1. The monoisotopic (exact) mass is 324 g/mol. The Bertz CT molecular complexity index is 849. The molecule has 1 atom stereocenters. The van der Waals surface area contributed by atoms with Crippen molar-refractivity contribution in [1.29, 1.82) is 0 Å². The van der Waals surface area contributed by atoms with Gasteiger partial charge in [-0.05, 0) is 35.9 Å². The smallest absolute Gasteiger partial charge is 0.176 e. The molecular formula is C20H22NO3+. The molecule has 3 aromatic rings. The fraction of sp³-hybridized carbons (Fsp3) is 0.300. The van der Waals surface area contributed by atoms with Crippen LogP contribution in [0.4, 0.5) is 0 Å². The van der Waals surface area contributed by atoms with Gasteiger partial charge in [-0.1, -0.05) is 30.3 Å². The molecule has 1 aliphatic rings. The van der Waals surface area contributed by atoms with Crippen molar-refractivity contribution in [2.24, 2.45) is 0 Å². The Morgan fingerprint density at radius 2 is 1.79 bits per heavy atom. The first-order chi connectivity index (χ1) is 11.7. The van der Waals surface area contributed by atoms with Crippen LogP contribution in [0.15, 0.2) is 52.9 Å². The van der Waals surface area contributed by atoms with Gasteiger partial charge < -0.3 is 19.2 Å². The van der Waals surface area contributed by atoms with E-state index in [1.54, 1.807) is 6.07 Å². The van der Waals surface area contributed by atoms with Crippen LogP contribution in [-0.2, 0) is 4.74 Å². The van der Waals surface area contributed by atoms with Crippen LogP contribution in [0.2, 0.25) is 0 Å². The van der Waals surface area contributed by atoms with Crippen LogP contribution >= 0.6 is 0 Å². The summed E-state index contributed by atoms with van der Waals surface area (Å²) in [6.07, 6.45) is 0. The standard InChI is InChI=1S/C20H21NO3/c1-14-6-9-18(24-14)20(21-10-12-23-13-11-21)19-16-5-3-2-4-15(16)7-8-17(19)22/h2-9,20,22H,10-13H2,1H3/p+1/t20-/m1/s1. The zero-order chi connectivity index (χ0) is 16.5. The van der Waals surface area contributed by atoms with Gasteiger partial charge in [0.05, 0.1) is 18.8 Å². The molecule has 1 aromatic heterocycles. The molecule has 1 fully saturated rings. The molecule has 0 spiro atoms. The number of phenols is 1. The van der Waals surface area contributed by atoms with E-state index < -0.39 is 0 Å². The molecule has 4 rings (SSSR count). The van der Waals surface area contributed by atoms with Crippen molar-refractivity contribution < 1.29 is 19.2 Å². The second kappa shape index (κ2) is 6.30. The maximum atomic E-state index is 10.7. The zero-order valence-electron chi connectivity index (χ0n) is 13.8. The van der Waals surface area contributed by atoms with Crippen LogP contribution in [0.1, 0.15) is 23.1 Å². The Hall–Kier alpha value is -2.30. The summed E-state index contributed by atoms with van der Waals surface area (Å²) in [5, 5.41) is 12.9. The van der Waals surface area contributed by atoms with Gasteiger partial charge in [-0.15, -0.1) is 0 Å². The Morgan fingerprint density at radius 1 is 1.00 bits per heavy atom. The number of fused-ring (bicyclic) bond motifs is 1. The van der Waals surface area contributed by atoms with Crippen molar-refractivity contribution in [1.82, 2.24) is 0 Å². The molecule has 0 bridgehead atoms. The van der Waals surface area contributed by atoms with E-state index in [1.165, 1.54) is 4.90 Å². The lowest BCUT2D eigenvalue weighted by atomic mass is 9.94. The predicted molar refractivity (Wildman–Crippen MR) is 92.4 cm³/mol. The summed E-state index contributed by atoms with van der Waals surface area (Å²) >= 11 is 0. The fourth-order valence-corrected chi connectivity index (χ4v) is 3.67. The van der Waals surface area contributed by atoms with Crippen LogP contribution in [-0.4, -0.2) is 31.4 Å². The third-order valence-electron chi connectivity index (χ3n) is 4.83. The largest absolute Gasteiger partial charge is 0.507 e. The number of quaternary nitrogens is 1. The van der Waals surface area contributed by atoms with Crippen LogP contribution in [0.3, 0.4) is 0 Å². The Labute approximate surface area is 141 Å². The molecule has 0 unspecified atom stereocenters. The van der Waals surface area contributed by atoms with E-state index >= 15 is 0 Å². The topological polar surface area (TPSA) is 47.0 Å². The number of morpholine rings is 1. The summed E-state index contributed by atoms with van der Waals surface area (Å²) in [6, 6.07) is 15.9. The van der Waals surface area contributed by atoms with Crippen molar-refractivity contribution >= 4 is 10.8 Å². The number of aryl methyl sites for hydroxylation is 1. The van der Waals surface area contributed by atoms with E-state index in [1.807, 2.05) is 37.3 Å². The number of phenolic OH excluding ortho intramolecular Hbond substituents is 1. The highest BCUT2D eigenvalue weighted by Gasteiger charge is 2.33. The lowest BCUT2D eigenvalue weighted by molar-refractivity contribution is -0.933. The van der Waals surface area contributed by atoms with Gasteiger partial charge in [0, 0.05) is 0 Å². The summed E-state index contributed by atoms with van der Waals surface area (Å²) in [7, 11) is 0. The molecule has 2 aromatic carbocycles. The lowest BCUT2D eigenvalue weighted by Gasteiger charge is -2.31. The maximum absolute atomic E-state index is 10.7. The molecule has 0 amide bonds. The molecule has 0 saturated carbocycles. The summed E-state index contributed by atoms with van der Waals surface area (Å²) in [6.45, 7) is 5.21. The number of nitrogens with one attached hydrogen (secondary N) is 1. The highest BCUT2D eigenvalue weighted by atomic mass is 16.5. The van der Waals surface area contributed by atoms with Crippen molar-refractivity contribution in [2.45, 2.75) is 13.0 Å². The van der Waals surface area contributed by atoms with Crippen LogP contribution < -0.4 is 4.90 Å². The van der Waals surface area contributed by atoms with Crippen molar-refractivity contribution in [3.8, 4) is 5.75 Å². The van der Waals surface area contributed by atoms with Gasteiger partial charge >= 0.3 is 0 Å². The molecule has 4 nitrogen and oxygen atoms in total. The van der Waals surface area contributed by atoms with Gasteiger partial charge in [-0.2, -0.15) is 0 Å². The third-order valence-corrected chi connectivity index (χ3v) is 4.83. The van der Waals surface area contributed by atoms with Gasteiger partial charge in [0.15, 0.2) is 11.8 Å². The first-order valence-corrected chi connectivity index (χ1v) is 8.43. The number of furan rings is 1. The second-order valence-corrected chi connectivity index (χ2v) is 6.37. The normalized spacial score (nSPS) is 17.2. The SMILES string of the molecule is Cc1ccc([C@H](c2c(O)ccc3ccccc23)[NH+]2CCOCC2)o1. The van der Waals surface area contributed by atoms with Gasteiger partial charge in [-0.3, -0.25) is 0 Å². The van der Waals surface area contributed by atoms with Crippen LogP contribution in [0.25, 0.3) is 10.8 Å². The van der Waals surface area contributed by atoms with Gasteiger partial charge in [0.25, 0.3) is 0 Å². The van der Waals surface area contributed by atoms with Gasteiger partial charge in [0.1, 0.15) is 24.6 Å². The fourth-order valence-electron chi connectivity index (χ4n) is 3.67. The van der Waals surface area contributed by atoms with Crippen molar-refractivity contribution in [3.05, 3.63) is 65.6 Å². The average molecular weight is 324 g/mol. The van der Waals surface area contributed by atoms with Gasteiger partial charge in [-0.25, -0.2) is 0 Å². The zero-order valence-corrected chi connectivity index (χ0v) is 13.8. The molecule has 2 heterocycles. The van der Waals surface area contributed by atoms with E-state index in [9.17, 15) is 5.11 Å². The second-order valence-electron chi connectivity index (χ2n) is 6.37. The first-order valence-electron chi connectivity index (χ1n) is 8.43. The molecule has 1 aliphatic heterocycles. The summed E-state index contributed by atoms with van der Waals surface area (Å²) in [5.41, 5.74) is 0.944. The molecule has 2 N–H and O–H groups in total. The Balaban J connectivity index is 1.91. The van der Waals surface area contributed by atoms with E-state index in [0.717, 1.165) is 54.2 Å². The molecule has 4 heteroatoms. The lowest BCUT2D eigenvalue weighted by Crippen LogP contribution is -3.14. The highest BCUT2D eigenvalue weighted by Crippen LogP contribution is 2.35. The molecule has 124 valence electrons. The minimum atomic E-state index is -0.0336. The number of benzene rings is 2. The highest BCUT2D eigenvalue weighted by molar-refractivity contribution is 5.88. The van der Waals surface area contributed by atoms with Crippen LogP contribution in [0, 0.1) is 6.92 Å². The van der Waals surface area contributed by atoms with E-state index in [-0.39, 0.29) is 6.04 Å². The third kappa shape index (κ3) is 2.68. The van der Waals surface area contributed by atoms with E-state index in [4.69, 9.17) is 9.15 Å². The van der Waals surface area contributed by atoms with Gasteiger partial charge in [0.2, 0.25) is 0 Å². The summed E-state index contributed by atoms with van der Waals surface area (Å²) < 4.78 is 11.5. The van der Waals surface area contributed by atoms with Crippen molar-refractivity contribution in [2.75, 3.05) is 26.3 Å². The molecule has 0 aliphatic carbocycles. The minimum absolute atomic E-state index is 0.0336. The van der Waals surface area contributed by atoms with Crippen LogP contribution in [0.5, 0.6) is 5.75 Å². The minimum Gasteiger partial charge on any atom is -0.507 e. The quantitative estimate of drug-likeness (QED) is 0.778. The molecular weight excluding hydrogens is 302 g/mol. The maximum Gasteiger partial charge on any atom is 0.176 e. The molecule has 24 heavy (non-hydrogen) atoms. The number of hydrogen-bond donors (Lipinski definition) is 2. The number of hydrogen-bond acceptors (Lipinski definition) is 3. The summed E-state index contributed by atoms with van der Waals surface area (Å²) in [4.78, 5) is 1.36. The average Bonchev–Trinajstić information content (AvgIpc) is 3.04. The Kier molecular flexibility index (Phi) is 4.00. The van der Waals surface area contributed by atoms with E-state index in [2.05, 4.69) is 12.1 Å². The predicted octanol–water partition coefficient (Wildman–Crippen LogP) is 2.45. The molecule has 1 saturated heterocycles. The van der Waals surface area contributed by atoms with Crippen molar-refractivity contribution in [3.63, 3.8) is 0 Å². The molecule has 0 radical (unpaired) electrons. The number of aromatic hydroxyl groups is 1. The first kappa shape index (κ1) is 15.2. The number of rotatable bonds is 3. The Morgan fingerprint density at radius 3 is 2.54 bits per heavy atom. The van der Waals surface area contributed by atoms with E-state index in [0.29, 0.717) is 5.75 Å².